The number of aromatic nitrogens is 2. The van der Waals surface area contributed by atoms with Gasteiger partial charge in [-0.05, 0) is 17.1 Å². The molecular weight excluding hydrogens is 278 g/mol. The first-order valence-corrected chi connectivity index (χ1v) is 6.14. The Hall–Kier alpha value is -2.90. The molecule has 2 aromatic rings. The number of aromatic amines is 1. The number of benzene rings is 1. The lowest BCUT2D eigenvalue weighted by Crippen LogP contribution is -2.09. The van der Waals surface area contributed by atoms with Gasteiger partial charge in [0.05, 0.1) is 6.61 Å². The molecule has 1 aromatic carbocycles. The van der Waals surface area contributed by atoms with Crippen molar-refractivity contribution in [3.63, 3.8) is 0 Å². The fourth-order valence-electron chi connectivity index (χ4n) is 1.82. The van der Waals surface area contributed by atoms with Gasteiger partial charge >= 0.3 is 11.8 Å². The van der Waals surface area contributed by atoms with Crippen LogP contribution in [-0.2, 0) is 11.2 Å². The van der Waals surface area contributed by atoms with Gasteiger partial charge in [-0.15, -0.1) is 0 Å². The highest BCUT2D eigenvalue weighted by Crippen LogP contribution is 2.18. The molecule has 0 radical (unpaired) electrons. The lowest BCUT2D eigenvalue weighted by atomic mass is 10.2. The number of hydrogen-bond acceptors (Lipinski definition) is 6. The van der Waals surface area contributed by atoms with E-state index in [-0.39, 0.29) is 35.9 Å². The highest BCUT2D eigenvalue weighted by molar-refractivity contribution is 5.92. The number of H-pyrrole nitrogens is 1. The minimum absolute atomic E-state index is 0.0465. The Morgan fingerprint density at radius 3 is 2.86 bits per heavy atom. The number of carbonyl (C=O) groups is 1. The van der Waals surface area contributed by atoms with Gasteiger partial charge in [0.25, 0.3) is 0 Å². The molecule has 2 rings (SSSR count). The number of phenolic OH excluding ortho intramolecular Hbond substituents is 1. The Bertz CT molecular complexity index is 680. The van der Waals surface area contributed by atoms with E-state index in [0.717, 1.165) is 0 Å². The van der Waals surface area contributed by atoms with Crippen molar-refractivity contribution in [1.82, 2.24) is 9.97 Å². The number of para-hydroxylation sites is 1. The molecule has 0 bridgehead atoms. The van der Waals surface area contributed by atoms with Gasteiger partial charge in [0, 0.05) is 13.3 Å². The predicted octanol–water partition coefficient (Wildman–Crippen LogP) is 1.73. The number of ether oxygens (including phenoxy) is 1. The fourth-order valence-corrected chi connectivity index (χ4v) is 1.82. The first kappa shape index (κ1) is 14.5. The topological polar surface area (TPSA) is 118 Å². The van der Waals surface area contributed by atoms with Crippen molar-refractivity contribution in [1.29, 1.82) is 0 Å². The predicted molar refractivity (Wildman–Crippen MR) is 72.1 cm³/mol. The van der Waals surface area contributed by atoms with Gasteiger partial charge in [0.15, 0.2) is 5.82 Å². The number of esters is 1. The highest BCUT2D eigenvalue weighted by atomic mass is 16.6. The fraction of sp³-hybridized carbons (Fsp3) is 0.231. The molecule has 0 amide bonds. The summed E-state index contributed by atoms with van der Waals surface area (Å²) in [5.41, 5.74) is 0.271. The van der Waals surface area contributed by atoms with Crippen LogP contribution in [0.5, 0.6) is 5.75 Å². The van der Waals surface area contributed by atoms with Gasteiger partial charge in [-0.3, -0.25) is 0 Å². The second kappa shape index (κ2) is 6.04. The zero-order valence-electron chi connectivity index (χ0n) is 11.2. The Kier molecular flexibility index (Phi) is 4.17. The van der Waals surface area contributed by atoms with Crippen molar-refractivity contribution < 1.29 is 19.6 Å². The quantitative estimate of drug-likeness (QED) is 0.492. The number of hydrogen-bond donors (Lipinski definition) is 2. The summed E-state index contributed by atoms with van der Waals surface area (Å²) in [6.45, 7) is 1.53. The second-order valence-electron chi connectivity index (χ2n) is 4.28. The SMILES string of the molecule is Cc1nc(CCOC(=O)c2ccccc2O)c([N+](=O)[O-])[nH]1. The molecule has 0 aliphatic rings. The number of nitro groups is 1. The van der Waals surface area contributed by atoms with Crippen molar-refractivity contribution in [2.45, 2.75) is 13.3 Å². The van der Waals surface area contributed by atoms with Crippen molar-refractivity contribution >= 4 is 11.8 Å². The average Bonchev–Trinajstić information content (AvgIpc) is 2.80. The maximum absolute atomic E-state index is 11.7. The second-order valence-corrected chi connectivity index (χ2v) is 4.28. The van der Waals surface area contributed by atoms with E-state index in [1.165, 1.54) is 12.1 Å². The van der Waals surface area contributed by atoms with Gasteiger partial charge in [-0.1, -0.05) is 12.1 Å². The number of aryl methyl sites for hydroxylation is 1. The van der Waals surface area contributed by atoms with Crippen LogP contribution in [0.1, 0.15) is 21.9 Å². The van der Waals surface area contributed by atoms with Crippen LogP contribution < -0.4 is 0 Å². The normalized spacial score (nSPS) is 10.3. The minimum atomic E-state index is -0.692. The van der Waals surface area contributed by atoms with Crippen LogP contribution in [0.4, 0.5) is 5.82 Å². The highest BCUT2D eigenvalue weighted by Gasteiger charge is 2.18. The maximum Gasteiger partial charge on any atom is 0.344 e. The molecule has 1 heterocycles. The Morgan fingerprint density at radius 1 is 1.48 bits per heavy atom. The van der Waals surface area contributed by atoms with Gasteiger partial charge in [0.2, 0.25) is 0 Å². The lowest BCUT2D eigenvalue weighted by molar-refractivity contribution is -0.390. The molecule has 8 heteroatoms. The number of nitrogens with one attached hydrogen (secondary N) is 1. The van der Waals surface area contributed by atoms with Crippen molar-refractivity contribution in [2.75, 3.05) is 6.61 Å². The molecule has 8 nitrogen and oxygen atoms in total. The van der Waals surface area contributed by atoms with E-state index < -0.39 is 10.9 Å². The van der Waals surface area contributed by atoms with E-state index >= 15 is 0 Å². The molecule has 0 aliphatic carbocycles. The molecule has 0 fully saturated rings. The number of phenols is 1. The molecule has 0 saturated carbocycles. The molecule has 2 N–H and O–H groups in total. The van der Waals surface area contributed by atoms with E-state index in [9.17, 15) is 20.0 Å². The summed E-state index contributed by atoms with van der Waals surface area (Å²) in [6, 6.07) is 5.98. The first-order chi connectivity index (χ1) is 9.99. The summed E-state index contributed by atoms with van der Waals surface area (Å²) in [5.74, 6) is -0.651. The van der Waals surface area contributed by atoms with Crippen LogP contribution in [-0.4, -0.2) is 32.6 Å². The first-order valence-electron chi connectivity index (χ1n) is 6.14. The molecule has 0 spiro atoms. The summed E-state index contributed by atoms with van der Waals surface area (Å²) in [6.07, 6.45) is 0.111. The third-order valence-corrected chi connectivity index (χ3v) is 2.75. The average molecular weight is 291 g/mol. The number of nitrogens with zero attached hydrogens (tertiary/aromatic N) is 2. The van der Waals surface area contributed by atoms with Crippen molar-refractivity contribution in [3.05, 3.63) is 51.5 Å². The van der Waals surface area contributed by atoms with E-state index in [4.69, 9.17) is 4.74 Å². The Labute approximate surface area is 119 Å². The van der Waals surface area contributed by atoms with Crippen LogP contribution in [0.2, 0.25) is 0 Å². The van der Waals surface area contributed by atoms with Crippen molar-refractivity contribution in [3.8, 4) is 5.75 Å². The third kappa shape index (κ3) is 3.35. The summed E-state index contributed by atoms with van der Waals surface area (Å²) in [4.78, 5) is 28.5. The van der Waals surface area contributed by atoms with Gasteiger partial charge in [-0.2, -0.15) is 0 Å². The molecule has 1 aromatic heterocycles. The number of rotatable bonds is 5. The van der Waals surface area contributed by atoms with Gasteiger partial charge < -0.3 is 20.0 Å². The van der Waals surface area contributed by atoms with Crippen molar-refractivity contribution in [2.24, 2.45) is 0 Å². The number of imidazole rings is 1. The van der Waals surface area contributed by atoms with E-state index in [1.54, 1.807) is 19.1 Å². The molecular formula is C13H13N3O5. The van der Waals surface area contributed by atoms with Crippen LogP contribution >= 0.6 is 0 Å². The minimum Gasteiger partial charge on any atom is -0.507 e. The Morgan fingerprint density at radius 2 is 2.19 bits per heavy atom. The molecule has 0 saturated heterocycles. The Balaban J connectivity index is 1.97. The summed E-state index contributed by atoms with van der Waals surface area (Å²) in [5, 5.41) is 20.3. The maximum atomic E-state index is 11.7. The largest absolute Gasteiger partial charge is 0.507 e. The molecule has 0 unspecified atom stereocenters. The zero-order chi connectivity index (χ0) is 15.4. The standard InChI is InChI=1S/C13H13N3O5/c1-8-14-10(12(15-8)16(19)20)6-7-21-13(18)9-4-2-3-5-11(9)17/h2-5,17H,6-7H2,1H3,(H,14,15). The summed E-state index contributed by atoms with van der Waals surface area (Å²) < 4.78 is 4.98. The lowest BCUT2D eigenvalue weighted by Gasteiger charge is -2.05. The van der Waals surface area contributed by atoms with Crippen LogP contribution in [0.3, 0.4) is 0 Å². The zero-order valence-corrected chi connectivity index (χ0v) is 11.2. The number of carbonyl (C=O) groups excluding carboxylic acids is 1. The van der Waals surface area contributed by atoms with E-state index in [1.807, 2.05) is 0 Å². The molecule has 21 heavy (non-hydrogen) atoms. The monoisotopic (exact) mass is 291 g/mol. The molecule has 110 valence electrons. The van der Waals surface area contributed by atoms with Crippen LogP contribution in [0.25, 0.3) is 0 Å². The third-order valence-electron chi connectivity index (χ3n) is 2.75. The van der Waals surface area contributed by atoms with Crippen LogP contribution in [0, 0.1) is 17.0 Å². The summed E-state index contributed by atoms with van der Waals surface area (Å²) >= 11 is 0. The molecule has 0 atom stereocenters. The van der Waals surface area contributed by atoms with Gasteiger partial charge in [0.1, 0.15) is 17.0 Å². The van der Waals surface area contributed by atoms with E-state index in [2.05, 4.69) is 9.97 Å². The molecule has 0 aliphatic heterocycles. The number of aromatic hydroxyl groups is 1. The van der Waals surface area contributed by atoms with Crippen LogP contribution in [0.15, 0.2) is 24.3 Å². The van der Waals surface area contributed by atoms with Gasteiger partial charge in [-0.25, -0.2) is 14.8 Å². The summed E-state index contributed by atoms with van der Waals surface area (Å²) in [7, 11) is 0. The smallest absolute Gasteiger partial charge is 0.344 e. The van der Waals surface area contributed by atoms with E-state index in [0.29, 0.717) is 5.82 Å².